The summed E-state index contributed by atoms with van der Waals surface area (Å²) in [4.78, 5) is 21.4. The van der Waals surface area contributed by atoms with E-state index in [0.717, 1.165) is 93.9 Å². The SMILES string of the molecule is C1=CC2=C(c3nc(-c4cccc5ccccc45)nc(-n4c5ccccc5c5ccc6c7ccccc7n(-c7ccc(-c8cccc9nc(-c%10ccccc%10)sc89)cc7)c6c54)n3)C=CCC2C=C1. The van der Waals surface area contributed by atoms with E-state index in [1.165, 1.54) is 21.2 Å². The average molecular weight is 875 g/mol. The van der Waals surface area contributed by atoms with E-state index in [-0.39, 0.29) is 5.92 Å². The molecule has 14 rings (SSSR count). The molecule has 2 aliphatic carbocycles. The van der Waals surface area contributed by atoms with Crippen molar-refractivity contribution in [2.75, 3.05) is 0 Å². The average Bonchev–Trinajstić information content (AvgIpc) is 4.09. The van der Waals surface area contributed by atoms with Gasteiger partial charge in [-0.1, -0.05) is 182 Å². The fourth-order valence-corrected chi connectivity index (χ4v) is 11.6. The second kappa shape index (κ2) is 15.0. The summed E-state index contributed by atoms with van der Waals surface area (Å²) < 4.78 is 5.90. The largest absolute Gasteiger partial charge is 0.307 e. The second-order valence-electron chi connectivity index (χ2n) is 17.3. The van der Waals surface area contributed by atoms with Crippen molar-refractivity contribution in [3.05, 3.63) is 224 Å². The number of benzene rings is 8. The molecule has 0 spiro atoms. The van der Waals surface area contributed by atoms with E-state index in [1.54, 1.807) is 11.3 Å². The van der Waals surface area contributed by atoms with Crippen molar-refractivity contribution in [1.82, 2.24) is 29.1 Å². The topological polar surface area (TPSA) is 61.4 Å². The fraction of sp³-hybridized carbons (Fsp3) is 0.0333. The first-order valence-electron chi connectivity index (χ1n) is 22.8. The third-order valence-corrected chi connectivity index (χ3v) is 14.7. The number of hydrogen-bond acceptors (Lipinski definition) is 5. The Kier molecular flexibility index (Phi) is 8.48. The van der Waals surface area contributed by atoms with E-state index in [9.17, 15) is 0 Å². The van der Waals surface area contributed by atoms with Gasteiger partial charge in [0, 0.05) is 55.4 Å². The molecule has 1 unspecified atom stereocenters. The normalized spacial score (nSPS) is 14.7. The lowest BCUT2D eigenvalue weighted by Crippen LogP contribution is -2.12. The number of nitrogens with zero attached hydrogens (tertiary/aromatic N) is 6. The van der Waals surface area contributed by atoms with Crippen molar-refractivity contribution in [3.63, 3.8) is 0 Å². The van der Waals surface area contributed by atoms with Crippen molar-refractivity contribution in [3.8, 4) is 44.7 Å². The van der Waals surface area contributed by atoms with Crippen LogP contribution in [0.25, 0.3) is 115 Å². The highest BCUT2D eigenvalue weighted by molar-refractivity contribution is 7.22. The van der Waals surface area contributed by atoms with Crippen LogP contribution in [-0.2, 0) is 0 Å². The van der Waals surface area contributed by atoms with Gasteiger partial charge >= 0.3 is 0 Å². The molecule has 0 N–H and O–H groups in total. The van der Waals surface area contributed by atoms with Crippen LogP contribution in [0.3, 0.4) is 0 Å². The number of allylic oxidation sites excluding steroid dienone is 8. The van der Waals surface area contributed by atoms with Gasteiger partial charge in [-0.05, 0) is 58.7 Å². The quantitative estimate of drug-likeness (QED) is 0.167. The van der Waals surface area contributed by atoms with Crippen LogP contribution in [0, 0.1) is 5.92 Å². The third-order valence-electron chi connectivity index (χ3n) is 13.6. The zero-order valence-electron chi connectivity index (χ0n) is 36.1. The van der Waals surface area contributed by atoms with E-state index in [0.29, 0.717) is 17.6 Å². The zero-order chi connectivity index (χ0) is 44.0. The van der Waals surface area contributed by atoms with Gasteiger partial charge in [0.1, 0.15) is 5.01 Å². The highest BCUT2D eigenvalue weighted by atomic mass is 32.1. The van der Waals surface area contributed by atoms with Gasteiger partial charge < -0.3 is 4.57 Å². The summed E-state index contributed by atoms with van der Waals surface area (Å²) in [6, 6.07) is 62.8. The van der Waals surface area contributed by atoms with Crippen molar-refractivity contribution in [2.45, 2.75) is 6.42 Å². The highest BCUT2D eigenvalue weighted by Gasteiger charge is 2.26. The van der Waals surface area contributed by atoms with Gasteiger partial charge in [0.2, 0.25) is 5.95 Å². The van der Waals surface area contributed by atoms with Gasteiger partial charge in [0.05, 0.1) is 32.3 Å². The smallest absolute Gasteiger partial charge is 0.238 e. The fourth-order valence-electron chi connectivity index (χ4n) is 10.5. The first-order valence-corrected chi connectivity index (χ1v) is 23.6. The number of thiazole rings is 1. The maximum atomic E-state index is 5.51. The van der Waals surface area contributed by atoms with Gasteiger partial charge in [0.15, 0.2) is 11.6 Å². The first-order chi connectivity index (χ1) is 33.2. The lowest BCUT2D eigenvalue weighted by molar-refractivity contribution is 0.780. The lowest BCUT2D eigenvalue weighted by atomic mass is 9.84. The van der Waals surface area contributed by atoms with Crippen molar-refractivity contribution >= 4 is 81.5 Å². The summed E-state index contributed by atoms with van der Waals surface area (Å²) in [5.41, 5.74) is 13.0. The van der Waals surface area contributed by atoms with E-state index < -0.39 is 0 Å². The molecule has 0 amide bonds. The molecule has 4 heterocycles. The third kappa shape index (κ3) is 5.95. The van der Waals surface area contributed by atoms with E-state index in [2.05, 4.69) is 215 Å². The van der Waals surface area contributed by atoms with Gasteiger partial charge in [-0.15, -0.1) is 11.3 Å². The summed E-state index contributed by atoms with van der Waals surface area (Å²) in [5.74, 6) is 2.13. The Morgan fingerprint density at radius 3 is 1.97 bits per heavy atom. The molecule has 0 saturated heterocycles. The Labute approximate surface area is 389 Å². The molecule has 2 aliphatic rings. The second-order valence-corrected chi connectivity index (χ2v) is 18.3. The molecule has 8 aromatic carbocycles. The zero-order valence-corrected chi connectivity index (χ0v) is 36.9. The molecular weight excluding hydrogens is 837 g/mol. The minimum absolute atomic E-state index is 0.267. The maximum Gasteiger partial charge on any atom is 0.238 e. The molecule has 6 nitrogen and oxygen atoms in total. The first kappa shape index (κ1) is 37.8. The monoisotopic (exact) mass is 874 g/mol. The Hall–Kier alpha value is -8.52. The molecular formula is C60H38N6S. The number of rotatable bonds is 6. The lowest BCUT2D eigenvalue weighted by Gasteiger charge is -2.22. The van der Waals surface area contributed by atoms with Crippen LogP contribution < -0.4 is 0 Å². The van der Waals surface area contributed by atoms with Crippen molar-refractivity contribution < 1.29 is 0 Å². The van der Waals surface area contributed by atoms with Gasteiger partial charge in [-0.25, -0.2) is 9.97 Å². The van der Waals surface area contributed by atoms with Crippen LogP contribution in [-0.4, -0.2) is 29.1 Å². The Morgan fingerprint density at radius 2 is 1.15 bits per heavy atom. The van der Waals surface area contributed by atoms with Crippen LogP contribution >= 0.6 is 11.3 Å². The van der Waals surface area contributed by atoms with Crippen LogP contribution in [0.15, 0.2) is 218 Å². The molecule has 67 heavy (non-hydrogen) atoms. The molecule has 12 aromatic rings. The molecule has 314 valence electrons. The standard InChI is InChI=1S/C60H38N6S/c1-2-17-40(18-3-1)59-61-51-28-14-25-44(56(51)67-59)39-31-33-41(34-32-39)65-52-29-10-8-23-45(52)47-35-36-48-46-24-9-11-30-53(46)66(55(48)54(47)65)60-63-57(49-26-12-19-37-15-4-6-21-42(37)49)62-58(64-60)50-27-13-20-38-16-5-7-22-43(38)50/h1-19,21-36,38H,20H2. The molecule has 0 fully saturated rings. The van der Waals surface area contributed by atoms with Gasteiger partial charge in [-0.3, -0.25) is 4.57 Å². The molecule has 7 heteroatoms. The summed E-state index contributed by atoms with van der Waals surface area (Å²) in [5, 5.41) is 7.86. The Bertz CT molecular complexity index is 4120. The number of hydrogen-bond donors (Lipinski definition) is 0. The number of aromatic nitrogens is 6. The van der Waals surface area contributed by atoms with Crippen molar-refractivity contribution in [1.29, 1.82) is 0 Å². The van der Waals surface area contributed by atoms with Crippen LogP contribution in [0.2, 0.25) is 0 Å². The summed E-state index contributed by atoms with van der Waals surface area (Å²) >= 11 is 1.75. The van der Waals surface area contributed by atoms with E-state index in [4.69, 9.17) is 19.9 Å². The molecule has 0 saturated carbocycles. The summed E-state index contributed by atoms with van der Waals surface area (Å²) in [6.07, 6.45) is 14.2. The molecule has 1 atom stereocenters. The highest BCUT2D eigenvalue weighted by Crippen LogP contribution is 2.43. The number of para-hydroxylation sites is 2. The molecule has 4 aromatic heterocycles. The van der Waals surface area contributed by atoms with Gasteiger partial charge in [-0.2, -0.15) is 9.97 Å². The predicted octanol–water partition coefficient (Wildman–Crippen LogP) is 15.3. The van der Waals surface area contributed by atoms with Crippen LogP contribution in [0.5, 0.6) is 0 Å². The van der Waals surface area contributed by atoms with E-state index in [1.807, 2.05) is 6.07 Å². The van der Waals surface area contributed by atoms with Crippen LogP contribution in [0.1, 0.15) is 12.2 Å². The molecule has 0 bridgehead atoms. The van der Waals surface area contributed by atoms with Gasteiger partial charge in [0.25, 0.3) is 0 Å². The maximum absolute atomic E-state index is 5.51. The van der Waals surface area contributed by atoms with Crippen LogP contribution in [0.4, 0.5) is 0 Å². The van der Waals surface area contributed by atoms with E-state index >= 15 is 0 Å². The Morgan fingerprint density at radius 1 is 0.478 bits per heavy atom. The molecule has 0 radical (unpaired) electrons. The minimum Gasteiger partial charge on any atom is -0.307 e. The summed E-state index contributed by atoms with van der Waals surface area (Å²) in [7, 11) is 0. The van der Waals surface area contributed by atoms with Crippen molar-refractivity contribution in [2.24, 2.45) is 5.92 Å². The Balaban J connectivity index is 1.03. The summed E-state index contributed by atoms with van der Waals surface area (Å²) in [6.45, 7) is 0. The number of fused-ring (bicyclic) bond motifs is 10. The minimum atomic E-state index is 0.267. The molecule has 0 aliphatic heterocycles. The predicted molar refractivity (Wildman–Crippen MR) is 278 cm³/mol.